The van der Waals surface area contributed by atoms with E-state index in [1.54, 1.807) is 0 Å². The monoisotopic (exact) mass is 252 g/mol. The van der Waals surface area contributed by atoms with Gasteiger partial charge in [-0.05, 0) is 22.3 Å². The molecule has 3 rings (SSSR count). The van der Waals surface area contributed by atoms with Crippen LogP contribution in [-0.2, 0) is 4.74 Å². The van der Waals surface area contributed by atoms with Crippen molar-refractivity contribution in [2.45, 2.75) is 5.92 Å². The Morgan fingerprint density at radius 3 is 2.11 bits per heavy atom. The maximum absolute atomic E-state index is 11.2. The van der Waals surface area contributed by atoms with Crippen molar-refractivity contribution >= 4 is 6.09 Å². The first-order chi connectivity index (χ1) is 9.31. The Morgan fingerprint density at radius 1 is 1.05 bits per heavy atom. The summed E-state index contributed by atoms with van der Waals surface area (Å²) in [7, 11) is 3.29. The van der Waals surface area contributed by atoms with E-state index in [0.717, 1.165) is 0 Å². The standard InChI is InChI=1S/C16H14NO2/c1-17-16(18)19-10-15-13-8-4-2-6-11(13)12-7-3-5-9-14(12)15/h2-9,15H,1,10H2,(H,17,18). The van der Waals surface area contributed by atoms with Crippen LogP contribution >= 0.6 is 0 Å². The van der Waals surface area contributed by atoms with Gasteiger partial charge in [-0.2, -0.15) is 0 Å². The van der Waals surface area contributed by atoms with E-state index < -0.39 is 6.09 Å². The minimum atomic E-state index is -0.498. The molecule has 19 heavy (non-hydrogen) atoms. The van der Waals surface area contributed by atoms with Crippen molar-refractivity contribution in [3.63, 3.8) is 0 Å². The molecule has 3 heteroatoms. The summed E-state index contributed by atoms with van der Waals surface area (Å²) in [5.41, 5.74) is 4.87. The summed E-state index contributed by atoms with van der Waals surface area (Å²) in [6, 6.07) is 16.5. The lowest BCUT2D eigenvalue weighted by molar-refractivity contribution is 0.146. The van der Waals surface area contributed by atoms with Gasteiger partial charge in [-0.1, -0.05) is 48.5 Å². The predicted molar refractivity (Wildman–Crippen MR) is 73.6 cm³/mol. The van der Waals surface area contributed by atoms with Gasteiger partial charge in [0.2, 0.25) is 0 Å². The quantitative estimate of drug-likeness (QED) is 0.890. The van der Waals surface area contributed by atoms with E-state index >= 15 is 0 Å². The second kappa shape index (κ2) is 4.76. The maximum Gasteiger partial charge on any atom is 0.407 e. The van der Waals surface area contributed by atoms with Gasteiger partial charge in [0.25, 0.3) is 0 Å². The molecule has 0 aliphatic heterocycles. The third-order valence-electron chi connectivity index (χ3n) is 3.49. The number of carbonyl (C=O) groups is 1. The van der Waals surface area contributed by atoms with Gasteiger partial charge < -0.3 is 10.1 Å². The Bertz CT molecular complexity index is 576. The highest BCUT2D eigenvalue weighted by atomic mass is 16.5. The lowest BCUT2D eigenvalue weighted by atomic mass is 9.98. The zero-order valence-corrected chi connectivity index (χ0v) is 10.4. The van der Waals surface area contributed by atoms with Crippen LogP contribution in [0.1, 0.15) is 17.0 Å². The fraction of sp³-hybridized carbons (Fsp3) is 0.125. The molecule has 0 saturated carbocycles. The van der Waals surface area contributed by atoms with Crippen molar-refractivity contribution < 1.29 is 9.53 Å². The molecule has 1 aliphatic carbocycles. The Labute approximate surface area is 112 Å². The molecular formula is C16H14NO2. The van der Waals surface area contributed by atoms with Gasteiger partial charge in [0, 0.05) is 13.0 Å². The zero-order valence-electron chi connectivity index (χ0n) is 10.4. The number of benzene rings is 2. The Kier molecular flexibility index (Phi) is 2.95. The summed E-state index contributed by atoms with van der Waals surface area (Å²) in [6.45, 7) is 0.329. The smallest absolute Gasteiger partial charge is 0.407 e. The predicted octanol–water partition coefficient (Wildman–Crippen LogP) is 3.32. The molecule has 0 fully saturated rings. The molecule has 3 nitrogen and oxygen atoms in total. The summed E-state index contributed by atoms with van der Waals surface area (Å²) < 4.78 is 5.18. The maximum atomic E-state index is 11.2. The molecule has 0 heterocycles. The molecule has 0 spiro atoms. The van der Waals surface area contributed by atoms with Crippen LogP contribution in [0, 0.1) is 7.05 Å². The highest BCUT2D eigenvalue weighted by Gasteiger charge is 2.28. The summed E-state index contributed by atoms with van der Waals surface area (Å²) >= 11 is 0. The molecular weight excluding hydrogens is 238 g/mol. The van der Waals surface area contributed by atoms with Crippen molar-refractivity contribution in [2.24, 2.45) is 0 Å². The topological polar surface area (TPSA) is 38.3 Å². The minimum absolute atomic E-state index is 0.102. The molecule has 1 N–H and O–H groups in total. The second-order valence-corrected chi connectivity index (χ2v) is 4.50. The lowest BCUT2D eigenvalue weighted by Gasteiger charge is -2.13. The molecule has 2 aromatic rings. The van der Waals surface area contributed by atoms with Gasteiger partial charge in [-0.25, -0.2) is 4.79 Å². The number of fused-ring (bicyclic) bond motifs is 3. The fourth-order valence-electron chi connectivity index (χ4n) is 2.65. The van der Waals surface area contributed by atoms with Gasteiger partial charge in [0.05, 0.1) is 0 Å². The van der Waals surface area contributed by atoms with E-state index in [1.807, 2.05) is 24.3 Å². The van der Waals surface area contributed by atoms with E-state index in [9.17, 15) is 4.79 Å². The van der Waals surface area contributed by atoms with Gasteiger partial charge in [0.15, 0.2) is 0 Å². The van der Waals surface area contributed by atoms with Gasteiger partial charge in [-0.3, -0.25) is 0 Å². The first-order valence-electron chi connectivity index (χ1n) is 6.19. The molecule has 0 unspecified atom stereocenters. The van der Waals surface area contributed by atoms with Crippen molar-refractivity contribution in [1.82, 2.24) is 5.32 Å². The van der Waals surface area contributed by atoms with Crippen molar-refractivity contribution in [1.29, 1.82) is 0 Å². The van der Waals surface area contributed by atoms with Crippen LogP contribution in [0.3, 0.4) is 0 Å². The number of nitrogens with one attached hydrogen (secondary N) is 1. The number of ether oxygens (including phenoxy) is 1. The molecule has 1 aliphatic rings. The van der Waals surface area contributed by atoms with E-state index in [4.69, 9.17) is 4.74 Å². The summed E-state index contributed by atoms with van der Waals surface area (Å²) in [5.74, 6) is 0.102. The molecule has 0 bridgehead atoms. The van der Waals surface area contributed by atoms with E-state index in [0.29, 0.717) is 6.61 Å². The zero-order chi connectivity index (χ0) is 13.2. The van der Waals surface area contributed by atoms with E-state index in [-0.39, 0.29) is 5.92 Å². The Hall–Kier alpha value is -2.29. The molecule has 0 atom stereocenters. The van der Waals surface area contributed by atoms with E-state index in [1.165, 1.54) is 22.3 Å². The first kappa shape index (κ1) is 11.8. The molecule has 0 aromatic heterocycles. The number of amides is 1. The molecule has 1 radical (unpaired) electrons. The largest absolute Gasteiger partial charge is 0.449 e. The van der Waals surface area contributed by atoms with E-state index in [2.05, 4.69) is 36.6 Å². The SMILES string of the molecule is [CH2]NC(=O)OCC1c2ccccc2-c2ccccc21. The Morgan fingerprint density at radius 2 is 1.58 bits per heavy atom. The van der Waals surface area contributed by atoms with Crippen LogP contribution in [-0.4, -0.2) is 12.7 Å². The average Bonchev–Trinajstić information content (AvgIpc) is 2.79. The van der Waals surface area contributed by atoms with Crippen molar-refractivity contribution in [3.05, 3.63) is 66.7 Å². The molecule has 2 aromatic carbocycles. The fourth-order valence-corrected chi connectivity index (χ4v) is 2.65. The van der Waals surface area contributed by atoms with Crippen LogP contribution in [0.4, 0.5) is 4.79 Å². The summed E-state index contributed by atoms with van der Waals surface area (Å²) in [6.07, 6.45) is -0.498. The van der Waals surface area contributed by atoms with Crippen LogP contribution in [0.5, 0.6) is 0 Å². The van der Waals surface area contributed by atoms with Crippen molar-refractivity contribution in [3.8, 4) is 11.1 Å². The number of hydrogen-bond acceptors (Lipinski definition) is 2. The van der Waals surface area contributed by atoms with Gasteiger partial charge in [0.1, 0.15) is 6.61 Å². The number of alkyl carbamates (subject to hydrolysis) is 1. The third-order valence-corrected chi connectivity index (χ3v) is 3.49. The third kappa shape index (κ3) is 1.97. The van der Waals surface area contributed by atoms with Gasteiger partial charge in [-0.15, -0.1) is 0 Å². The highest BCUT2D eigenvalue weighted by molar-refractivity contribution is 5.79. The molecule has 95 valence electrons. The normalized spacial score (nSPS) is 12.7. The molecule has 0 saturated heterocycles. The lowest BCUT2D eigenvalue weighted by Crippen LogP contribution is -2.20. The van der Waals surface area contributed by atoms with Crippen LogP contribution < -0.4 is 5.32 Å². The Balaban J connectivity index is 1.98. The van der Waals surface area contributed by atoms with Crippen LogP contribution in [0.2, 0.25) is 0 Å². The number of carbonyl (C=O) groups excluding carboxylic acids is 1. The van der Waals surface area contributed by atoms with Crippen LogP contribution in [0.15, 0.2) is 48.5 Å². The first-order valence-corrected chi connectivity index (χ1v) is 6.19. The summed E-state index contributed by atoms with van der Waals surface area (Å²) in [5, 5.41) is 2.23. The second-order valence-electron chi connectivity index (χ2n) is 4.50. The van der Waals surface area contributed by atoms with Crippen LogP contribution in [0.25, 0.3) is 11.1 Å². The number of rotatable bonds is 2. The van der Waals surface area contributed by atoms with Gasteiger partial charge >= 0.3 is 6.09 Å². The number of hydrogen-bond donors (Lipinski definition) is 1. The van der Waals surface area contributed by atoms with Crippen molar-refractivity contribution in [2.75, 3.05) is 6.61 Å². The average molecular weight is 252 g/mol. The minimum Gasteiger partial charge on any atom is -0.449 e. The summed E-state index contributed by atoms with van der Waals surface area (Å²) in [4.78, 5) is 11.2. The molecule has 1 amide bonds. The highest BCUT2D eigenvalue weighted by Crippen LogP contribution is 2.44.